The lowest BCUT2D eigenvalue weighted by Crippen LogP contribution is -2.09. The molecule has 0 fully saturated rings. The Morgan fingerprint density at radius 2 is 0.638 bits per heavy atom. The molecule has 2 heteroatoms. The molecule has 0 saturated heterocycles. The number of rotatable bonds is 7. The van der Waals surface area contributed by atoms with Crippen molar-refractivity contribution in [3.8, 4) is 44.5 Å². The lowest BCUT2D eigenvalue weighted by atomic mass is 9.92. The van der Waals surface area contributed by atoms with Gasteiger partial charge in [0.2, 0.25) is 0 Å². The third-order valence-corrected chi connectivity index (χ3v) is 12.6. The smallest absolute Gasteiger partial charge is 0.0462 e. The van der Waals surface area contributed by atoms with Crippen LogP contribution in [0.5, 0.6) is 0 Å². The maximum absolute atomic E-state index is 2.37. The molecule has 272 valence electrons. The molecular weight excluding hydrogens is 719 g/mol. The molecule has 0 amide bonds. The third-order valence-electron chi connectivity index (χ3n) is 11.5. The van der Waals surface area contributed by atoms with Crippen molar-refractivity contribution in [3.63, 3.8) is 0 Å². The topological polar surface area (TPSA) is 3.24 Å². The van der Waals surface area contributed by atoms with Crippen LogP contribution in [0.1, 0.15) is 0 Å². The Kier molecular flexibility index (Phi) is 8.42. The van der Waals surface area contributed by atoms with E-state index in [1.54, 1.807) is 0 Å². The fourth-order valence-electron chi connectivity index (χ4n) is 8.74. The lowest BCUT2D eigenvalue weighted by Gasteiger charge is -2.26. The Hall–Kier alpha value is -7.26. The number of anilines is 3. The minimum absolute atomic E-state index is 1.10. The van der Waals surface area contributed by atoms with Gasteiger partial charge in [-0.25, -0.2) is 0 Å². The number of nitrogens with zero attached hydrogens (tertiary/aromatic N) is 1. The fourth-order valence-corrected chi connectivity index (χ4v) is 9.87. The Morgan fingerprint density at radius 1 is 0.259 bits per heavy atom. The second-order valence-corrected chi connectivity index (χ2v) is 15.9. The summed E-state index contributed by atoms with van der Waals surface area (Å²) >= 11 is 1.87. The van der Waals surface area contributed by atoms with E-state index in [1.165, 1.54) is 86.2 Å². The van der Waals surface area contributed by atoms with E-state index >= 15 is 0 Å². The number of thiophene rings is 1. The van der Waals surface area contributed by atoms with Gasteiger partial charge in [-0.2, -0.15) is 0 Å². The predicted octanol–water partition coefficient (Wildman–Crippen LogP) is 16.5. The summed E-state index contributed by atoms with van der Waals surface area (Å²) in [5.41, 5.74) is 13.1. The van der Waals surface area contributed by atoms with Crippen molar-refractivity contribution in [1.82, 2.24) is 0 Å². The van der Waals surface area contributed by atoms with Gasteiger partial charge in [-0.15, -0.1) is 11.3 Å². The fraction of sp³-hybridized carbons (Fsp3) is 0. The van der Waals surface area contributed by atoms with Gasteiger partial charge in [0, 0.05) is 37.2 Å². The number of fused-ring (bicyclic) bond motifs is 5. The van der Waals surface area contributed by atoms with Gasteiger partial charge >= 0.3 is 0 Å². The molecule has 0 bridgehead atoms. The average molecular weight is 756 g/mol. The van der Waals surface area contributed by atoms with Crippen LogP contribution in [0, 0.1) is 0 Å². The predicted molar refractivity (Wildman–Crippen MR) is 251 cm³/mol. The molecule has 0 N–H and O–H groups in total. The molecular formula is C56H37NS. The van der Waals surface area contributed by atoms with Crippen LogP contribution in [0.2, 0.25) is 0 Å². The molecule has 1 nitrogen and oxygen atoms in total. The minimum atomic E-state index is 1.10. The molecule has 0 aliphatic heterocycles. The molecule has 58 heavy (non-hydrogen) atoms. The van der Waals surface area contributed by atoms with E-state index in [2.05, 4.69) is 229 Å². The van der Waals surface area contributed by atoms with Crippen LogP contribution >= 0.6 is 11.3 Å². The van der Waals surface area contributed by atoms with Crippen molar-refractivity contribution in [2.24, 2.45) is 0 Å². The Bertz CT molecular complexity index is 3130. The van der Waals surface area contributed by atoms with Gasteiger partial charge in [0.05, 0.1) is 0 Å². The molecule has 0 aliphatic rings. The van der Waals surface area contributed by atoms with Crippen LogP contribution < -0.4 is 4.90 Å². The van der Waals surface area contributed by atoms with Crippen LogP contribution in [-0.4, -0.2) is 0 Å². The monoisotopic (exact) mass is 755 g/mol. The molecule has 0 atom stereocenters. The molecule has 0 saturated carbocycles. The maximum atomic E-state index is 2.37. The maximum Gasteiger partial charge on any atom is 0.0462 e. The average Bonchev–Trinajstić information content (AvgIpc) is 3.69. The number of benzene rings is 10. The first-order valence-electron chi connectivity index (χ1n) is 19.8. The SMILES string of the molecule is c1ccc(-c2cccc3sc4ccccc4c23)c(-c2ccc(N(c3ccc(-c4cccc5ccccc45)cc3)c3ccc(-c4cccc5ccccc45)cc3)cc2)c1. The summed E-state index contributed by atoms with van der Waals surface area (Å²) in [4.78, 5) is 2.37. The van der Waals surface area contributed by atoms with Crippen LogP contribution in [0.4, 0.5) is 17.1 Å². The number of hydrogen-bond donors (Lipinski definition) is 0. The van der Waals surface area contributed by atoms with Crippen molar-refractivity contribution < 1.29 is 0 Å². The molecule has 10 aromatic carbocycles. The Balaban J connectivity index is 1.00. The van der Waals surface area contributed by atoms with E-state index in [9.17, 15) is 0 Å². The Morgan fingerprint density at radius 3 is 1.21 bits per heavy atom. The highest BCUT2D eigenvalue weighted by Gasteiger charge is 2.17. The highest BCUT2D eigenvalue weighted by molar-refractivity contribution is 7.25. The third kappa shape index (κ3) is 5.94. The quantitative estimate of drug-likeness (QED) is 0.157. The van der Waals surface area contributed by atoms with E-state index in [-0.39, 0.29) is 0 Å². The molecule has 0 spiro atoms. The van der Waals surface area contributed by atoms with Gasteiger partial charge in [0.15, 0.2) is 0 Å². The molecule has 11 rings (SSSR count). The molecule has 0 radical (unpaired) electrons. The van der Waals surface area contributed by atoms with Gasteiger partial charge in [-0.3, -0.25) is 0 Å². The first-order chi connectivity index (χ1) is 28.8. The minimum Gasteiger partial charge on any atom is -0.311 e. The molecule has 0 aliphatic carbocycles. The van der Waals surface area contributed by atoms with Gasteiger partial charge in [0.25, 0.3) is 0 Å². The van der Waals surface area contributed by atoms with Crippen LogP contribution in [0.15, 0.2) is 224 Å². The standard InChI is InChI=1S/C56H37NS/c1-3-16-46-38(12-1)14-9-21-48(46)40-26-32-43(33-27-40)57(44-34-28-41(29-35-44)49-22-10-15-39-13-2-4-17-47(39)49)45-36-30-42(31-37-45)50-18-5-6-19-51(50)52-23-11-25-55-56(52)53-20-7-8-24-54(53)58-55/h1-37H. The van der Waals surface area contributed by atoms with Crippen molar-refractivity contribution in [2.75, 3.05) is 4.90 Å². The summed E-state index contributed by atoms with van der Waals surface area (Å²) in [7, 11) is 0. The highest BCUT2D eigenvalue weighted by Crippen LogP contribution is 2.44. The highest BCUT2D eigenvalue weighted by atomic mass is 32.1. The van der Waals surface area contributed by atoms with Gasteiger partial charge in [-0.1, -0.05) is 176 Å². The van der Waals surface area contributed by atoms with Crippen LogP contribution in [0.3, 0.4) is 0 Å². The summed E-state index contributed by atoms with van der Waals surface area (Å²) in [6, 6.07) is 81.8. The van der Waals surface area contributed by atoms with Gasteiger partial charge < -0.3 is 4.90 Å². The first-order valence-corrected chi connectivity index (χ1v) is 20.7. The zero-order valence-electron chi connectivity index (χ0n) is 31.7. The lowest BCUT2D eigenvalue weighted by molar-refractivity contribution is 1.28. The summed E-state index contributed by atoms with van der Waals surface area (Å²) in [6.07, 6.45) is 0. The van der Waals surface area contributed by atoms with Gasteiger partial charge in [0.1, 0.15) is 0 Å². The van der Waals surface area contributed by atoms with E-state index in [0.717, 1.165) is 17.1 Å². The van der Waals surface area contributed by atoms with Crippen molar-refractivity contribution in [3.05, 3.63) is 224 Å². The summed E-state index contributed by atoms with van der Waals surface area (Å²) in [5.74, 6) is 0. The molecule has 0 unspecified atom stereocenters. The summed E-state index contributed by atoms with van der Waals surface area (Å²) < 4.78 is 2.64. The van der Waals surface area contributed by atoms with E-state index in [1.807, 2.05) is 11.3 Å². The van der Waals surface area contributed by atoms with Crippen molar-refractivity contribution in [2.45, 2.75) is 0 Å². The second-order valence-electron chi connectivity index (χ2n) is 14.9. The van der Waals surface area contributed by atoms with Crippen LogP contribution in [-0.2, 0) is 0 Å². The normalized spacial score (nSPS) is 11.4. The van der Waals surface area contributed by atoms with E-state index in [4.69, 9.17) is 0 Å². The zero-order chi connectivity index (χ0) is 38.4. The summed E-state index contributed by atoms with van der Waals surface area (Å²) in [5, 5.41) is 7.67. The summed E-state index contributed by atoms with van der Waals surface area (Å²) in [6.45, 7) is 0. The first kappa shape index (κ1) is 34.0. The molecule has 1 aromatic heterocycles. The van der Waals surface area contributed by atoms with E-state index < -0.39 is 0 Å². The largest absolute Gasteiger partial charge is 0.311 e. The van der Waals surface area contributed by atoms with E-state index in [0.29, 0.717) is 0 Å². The molecule has 1 heterocycles. The zero-order valence-corrected chi connectivity index (χ0v) is 32.5. The molecule has 11 aromatic rings. The number of hydrogen-bond acceptors (Lipinski definition) is 2. The Labute approximate surface area is 342 Å². The van der Waals surface area contributed by atoms with Crippen LogP contribution in [0.25, 0.3) is 86.2 Å². The van der Waals surface area contributed by atoms with Crippen molar-refractivity contribution in [1.29, 1.82) is 0 Å². The van der Waals surface area contributed by atoms with Crippen molar-refractivity contribution >= 4 is 70.1 Å². The second kappa shape index (κ2) is 14.4. The van der Waals surface area contributed by atoms with Gasteiger partial charge in [-0.05, 0) is 115 Å².